The van der Waals surface area contributed by atoms with Gasteiger partial charge in [0.05, 0.1) is 0 Å². The Bertz CT molecular complexity index is 168. The summed E-state index contributed by atoms with van der Waals surface area (Å²) >= 11 is 1.07. The van der Waals surface area contributed by atoms with Crippen molar-refractivity contribution in [3.05, 3.63) is 0 Å². The Hall–Kier alpha value is 1.51. The minimum atomic E-state index is -4.67. The molecule has 0 aliphatic rings. The normalized spacial score (nSPS) is 13.2. The Morgan fingerprint density at radius 2 is 1.75 bits per heavy atom. The van der Waals surface area contributed by atoms with Crippen LogP contribution in [0.2, 0.25) is 0.0125 Å². The molecule has 0 aliphatic heterocycles. The molecule has 0 radical (unpaired) electrons. The van der Waals surface area contributed by atoms with Gasteiger partial charge in [-0.15, -0.1) is 0 Å². The molecule has 0 aromatic rings. The Morgan fingerprint density at radius 3 is 1.83 bits per heavy atom. The van der Waals surface area contributed by atoms with Gasteiger partial charge in [-0.3, -0.25) is 9.11 Å². The molecule has 0 saturated carbocycles. The molecule has 0 heterocycles. The zero-order valence-corrected chi connectivity index (χ0v) is 11.8. The van der Waals surface area contributed by atoms with Crippen molar-refractivity contribution in [2.75, 3.05) is 0 Å². The first-order chi connectivity index (χ1) is 5.27. The molecule has 0 fully saturated rings. The van der Waals surface area contributed by atoms with E-state index in [0.717, 1.165) is 49.0 Å². The molecule has 6 heteroatoms. The summed E-state index contributed by atoms with van der Waals surface area (Å²) in [6, 6.07) is 0. The zero-order chi connectivity index (χ0) is 10.2. The molecule has 12 heavy (non-hydrogen) atoms. The van der Waals surface area contributed by atoms with Crippen molar-refractivity contribution >= 4 is 59.4 Å². The maximum atomic E-state index is 8.74. The van der Waals surface area contributed by atoms with E-state index in [2.05, 4.69) is 13.8 Å². The van der Waals surface area contributed by atoms with Crippen molar-refractivity contribution in [1.82, 2.24) is 0 Å². The van der Waals surface area contributed by atoms with Crippen LogP contribution in [0.1, 0.15) is 33.1 Å². The van der Waals surface area contributed by atoms with E-state index in [4.69, 9.17) is 17.5 Å². The van der Waals surface area contributed by atoms with Gasteiger partial charge in [0.1, 0.15) is 0 Å². The van der Waals surface area contributed by atoms with Crippen LogP contribution in [0.4, 0.5) is 0 Å². The molecule has 0 spiro atoms. The van der Waals surface area contributed by atoms with Crippen molar-refractivity contribution in [2.24, 2.45) is 0 Å². The van der Waals surface area contributed by atoms with E-state index in [0.29, 0.717) is 0 Å². The number of hydrogen-bond donors (Lipinski definition) is 2. The minimum absolute atomic E-state index is 1.07. The summed E-state index contributed by atoms with van der Waals surface area (Å²) in [6.07, 6.45) is 4.31. The SMILES string of the molecule is CCCC[CH](C)[K].O=S(=O)(O)O. The molecule has 1 atom stereocenters. The minimum Gasteiger partial charge on any atom is -0.264 e. The third kappa shape index (κ3) is 41.9. The molecule has 70 valence electrons. The maximum Gasteiger partial charge on any atom is 0.394 e. The topological polar surface area (TPSA) is 74.6 Å². The quantitative estimate of drug-likeness (QED) is 0.560. The molecule has 0 amide bonds. The van der Waals surface area contributed by atoms with Gasteiger partial charge in [-0.25, -0.2) is 0 Å². The predicted molar refractivity (Wildman–Crippen MR) is 48.9 cm³/mol. The molecule has 0 aromatic heterocycles. The first-order valence-electron chi connectivity index (χ1n) is 3.97. The van der Waals surface area contributed by atoms with Crippen LogP contribution in [0.15, 0.2) is 0 Å². The van der Waals surface area contributed by atoms with E-state index >= 15 is 0 Å². The average molecular weight is 222 g/mol. The van der Waals surface area contributed by atoms with Crippen LogP contribution in [-0.4, -0.2) is 66.5 Å². The standard InChI is InChI=1S/C6H13.K.H2O4S/c1-3-5-6-4-2;;1-5(2,3)4/h3H,4-6H2,1-2H3;;(H2,1,2,3,4). The summed E-state index contributed by atoms with van der Waals surface area (Å²) in [7, 11) is -4.67. The fraction of sp³-hybridized carbons (Fsp3) is 1.00. The van der Waals surface area contributed by atoms with Crippen molar-refractivity contribution in [2.45, 2.75) is 33.1 Å². The number of rotatable bonds is 3. The fourth-order valence-corrected chi connectivity index (χ4v) is 1.25. The molecule has 1 unspecified atom stereocenters. The van der Waals surface area contributed by atoms with Gasteiger partial charge in [-0.1, -0.05) is 0 Å². The Morgan fingerprint density at radius 1 is 1.42 bits per heavy atom. The Balaban J connectivity index is 0. The predicted octanol–water partition coefficient (Wildman–Crippen LogP) is 1.50. The average Bonchev–Trinajstić information content (AvgIpc) is 1.79. The van der Waals surface area contributed by atoms with E-state index < -0.39 is 10.4 Å². The first-order valence-corrected chi connectivity index (χ1v) is 7.17. The summed E-state index contributed by atoms with van der Waals surface area (Å²) < 4.78 is 32.7. The summed E-state index contributed by atoms with van der Waals surface area (Å²) in [6.45, 7) is 4.62. The Kier molecular flexibility index (Phi) is 12.1. The van der Waals surface area contributed by atoms with Crippen LogP contribution in [0.3, 0.4) is 0 Å². The van der Waals surface area contributed by atoms with Crippen LogP contribution in [0, 0.1) is 0 Å². The molecular formula is C6H15KO4S. The van der Waals surface area contributed by atoms with Crippen LogP contribution in [0.25, 0.3) is 0 Å². The monoisotopic (exact) mass is 222 g/mol. The largest absolute Gasteiger partial charge is 0.394 e. The molecule has 0 aliphatic carbocycles. The van der Waals surface area contributed by atoms with Gasteiger partial charge in [-0.2, -0.15) is 8.42 Å². The van der Waals surface area contributed by atoms with Crippen LogP contribution in [-0.2, 0) is 10.4 Å². The molecule has 4 nitrogen and oxygen atoms in total. The summed E-state index contributed by atoms with van der Waals surface area (Å²) in [4.78, 5) is 0. The van der Waals surface area contributed by atoms with E-state index in [-0.39, 0.29) is 0 Å². The molecule has 0 rings (SSSR count). The first kappa shape index (κ1) is 16.0. The molecule has 0 bridgehead atoms. The third-order valence-electron chi connectivity index (χ3n) is 1.14. The van der Waals surface area contributed by atoms with E-state index in [1.165, 1.54) is 19.3 Å². The van der Waals surface area contributed by atoms with Gasteiger partial charge >= 0.3 is 92.5 Å². The van der Waals surface area contributed by atoms with Crippen molar-refractivity contribution in [3.63, 3.8) is 0 Å². The summed E-state index contributed by atoms with van der Waals surface area (Å²) in [5, 5.41) is 0. The van der Waals surface area contributed by atoms with E-state index in [1.54, 1.807) is 0 Å². The second kappa shape index (κ2) is 9.08. The zero-order valence-electron chi connectivity index (χ0n) is 7.82. The number of hydrogen-bond acceptors (Lipinski definition) is 2. The molecule has 0 aromatic carbocycles. The van der Waals surface area contributed by atoms with Gasteiger partial charge in [0.15, 0.2) is 0 Å². The smallest absolute Gasteiger partial charge is 0.264 e. The van der Waals surface area contributed by atoms with Crippen LogP contribution in [0.5, 0.6) is 0 Å². The van der Waals surface area contributed by atoms with Crippen LogP contribution >= 0.6 is 0 Å². The van der Waals surface area contributed by atoms with Crippen LogP contribution < -0.4 is 0 Å². The molecule has 0 saturated heterocycles. The van der Waals surface area contributed by atoms with Gasteiger partial charge in [0.2, 0.25) is 0 Å². The van der Waals surface area contributed by atoms with Gasteiger partial charge in [-0.05, 0) is 0 Å². The summed E-state index contributed by atoms with van der Waals surface area (Å²) in [5.74, 6) is 0. The molecule has 2 N–H and O–H groups in total. The van der Waals surface area contributed by atoms with E-state index in [9.17, 15) is 0 Å². The number of unbranched alkanes of at least 4 members (excludes halogenated alkanes) is 1. The fourth-order valence-electron chi connectivity index (χ4n) is 0.612. The van der Waals surface area contributed by atoms with Crippen molar-refractivity contribution in [3.8, 4) is 0 Å². The van der Waals surface area contributed by atoms with Gasteiger partial charge in [0.25, 0.3) is 0 Å². The van der Waals surface area contributed by atoms with E-state index in [1.807, 2.05) is 0 Å². The second-order valence-corrected chi connectivity index (χ2v) is 6.96. The Labute approximate surface area is 108 Å². The maximum absolute atomic E-state index is 8.74. The summed E-state index contributed by atoms with van der Waals surface area (Å²) in [5.41, 5.74) is 0. The second-order valence-electron chi connectivity index (χ2n) is 2.98. The third-order valence-corrected chi connectivity index (χ3v) is 2.04. The van der Waals surface area contributed by atoms with Gasteiger partial charge < -0.3 is 0 Å². The van der Waals surface area contributed by atoms with Crippen molar-refractivity contribution in [1.29, 1.82) is 0 Å². The van der Waals surface area contributed by atoms with Crippen molar-refractivity contribution < 1.29 is 17.5 Å². The molecular weight excluding hydrogens is 207 g/mol. The van der Waals surface area contributed by atoms with Gasteiger partial charge in [0, 0.05) is 0 Å².